The fraction of sp³-hybridized carbons (Fsp3) is 0.333. The van der Waals surface area contributed by atoms with Gasteiger partial charge in [-0.05, 0) is 37.2 Å². The molecule has 0 fully saturated rings. The Labute approximate surface area is 120 Å². The number of thiophene rings is 1. The van der Waals surface area contributed by atoms with Gasteiger partial charge in [-0.1, -0.05) is 25.1 Å². The molecule has 0 aliphatic rings. The van der Waals surface area contributed by atoms with Gasteiger partial charge < -0.3 is 5.32 Å². The van der Waals surface area contributed by atoms with Crippen molar-refractivity contribution in [1.82, 2.24) is 5.32 Å². The van der Waals surface area contributed by atoms with E-state index in [0.717, 1.165) is 17.4 Å². The van der Waals surface area contributed by atoms with Gasteiger partial charge in [0, 0.05) is 9.75 Å². The molecule has 0 aliphatic carbocycles. The Morgan fingerprint density at radius 1 is 1.15 bits per heavy atom. The van der Waals surface area contributed by atoms with Gasteiger partial charge in [-0.15, -0.1) is 11.3 Å². The molecule has 108 valence electrons. The maximum atomic E-state index is 13.1. The van der Waals surface area contributed by atoms with Crippen molar-refractivity contribution in [3.63, 3.8) is 0 Å². The van der Waals surface area contributed by atoms with Crippen molar-refractivity contribution in [1.29, 1.82) is 0 Å². The summed E-state index contributed by atoms with van der Waals surface area (Å²) < 4.78 is 39.3. The number of hydrogen-bond donors (Lipinski definition) is 1. The smallest absolute Gasteiger partial charge is 0.309 e. The zero-order chi connectivity index (χ0) is 14.8. The highest BCUT2D eigenvalue weighted by molar-refractivity contribution is 7.12. The molecule has 5 heteroatoms. The third-order valence-corrected chi connectivity index (χ3v) is 4.48. The third-order valence-electron chi connectivity index (χ3n) is 3.18. The van der Waals surface area contributed by atoms with E-state index in [1.54, 1.807) is 24.5 Å². The van der Waals surface area contributed by atoms with Gasteiger partial charge in [-0.25, -0.2) is 0 Å². The Bertz CT molecular complexity index is 574. The molecule has 20 heavy (non-hydrogen) atoms. The van der Waals surface area contributed by atoms with Crippen LogP contribution in [0.3, 0.4) is 0 Å². The molecule has 1 unspecified atom stereocenters. The topological polar surface area (TPSA) is 12.0 Å². The summed E-state index contributed by atoms with van der Waals surface area (Å²) in [6.07, 6.45) is -3.45. The maximum Gasteiger partial charge on any atom is 0.416 e. The molecule has 0 aliphatic heterocycles. The summed E-state index contributed by atoms with van der Waals surface area (Å²) in [4.78, 5) is 2.07. The number of alkyl halides is 3. The van der Waals surface area contributed by atoms with Crippen LogP contribution in [0.4, 0.5) is 13.2 Å². The second kappa shape index (κ2) is 5.97. The number of benzene rings is 1. The summed E-state index contributed by atoms with van der Waals surface area (Å²) >= 11 is 1.55. The first-order chi connectivity index (χ1) is 9.47. The highest BCUT2D eigenvalue weighted by Crippen LogP contribution is 2.37. The van der Waals surface area contributed by atoms with Crippen molar-refractivity contribution in [2.75, 3.05) is 7.05 Å². The second-order valence-electron chi connectivity index (χ2n) is 4.46. The minimum absolute atomic E-state index is 0.270. The zero-order valence-corrected chi connectivity index (χ0v) is 12.1. The van der Waals surface area contributed by atoms with Gasteiger partial charge in [0.1, 0.15) is 0 Å². The predicted molar refractivity (Wildman–Crippen MR) is 76.0 cm³/mol. The van der Waals surface area contributed by atoms with Gasteiger partial charge in [0.15, 0.2) is 0 Å². The molecule has 1 N–H and O–H groups in total. The Morgan fingerprint density at radius 3 is 2.40 bits per heavy atom. The largest absolute Gasteiger partial charge is 0.416 e. The van der Waals surface area contributed by atoms with E-state index < -0.39 is 17.8 Å². The average molecular weight is 299 g/mol. The minimum Gasteiger partial charge on any atom is -0.309 e. The summed E-state index contributed by atoms with van der Waals surface area (Å²) in [6.45, 7) is 2.04. The summed E-state index contributed by atoms with van der Waals surface area (Å²) in [5.41, 5.74) is -0.308. The SMILES string of the molecule is CCc1ccc(C(NC)c2ccccc2C(F)(F)F)s1. The lowest BCUT2D eigenvalue weighted by molar-refractivity contribution is -0.138. The molecule has 0 spiro atoms. The predicted octanol–water partition coefficient (Wildman–Crippen LogP) is 4.64. The zero-order valence-electron chi connectivity index (χ0n) is 11.3. The van der Waals surface area contributed by atoms with Crippen LogP contribution in [0.1, 0.15) is 33.8 Å². The van der Waals surface area contributed by atoms with Crippen LogP contribution in [0.5, 0.6) is 0 Å². The summed E-state index contributed by atoms with van der Waals surface area (Å²) in [6, 6.07) is 9.17. The maximum absolute atomic E-state index is 13.1. The summed E-state index contributed by atoms with van der Waals surface area (Å²) in [5, 5.41) is 2.99. The van der Waals surface area contributed by atoms with Crippen LogP contribution in [0.2, 0.25) is 0 Å². The third kappa shape index (κ3) is 3.04. The van der Waals surface area contributed by atoms with Gasteiger partial charge in [-0.3, -0.25) is 0 Å². The molecule has 2 rings (SSSR count). The molecule has 1 aromatic carbocycles. The molecule has 1 atom stereocenters. The van der Waals surface area contributed by atoms with Crippen molar-refractivity contribution < 1.29 is 13.2 Å². The van der Waals surface area contributed by atoms with E-state index in [-0.39, 0.29) is 5.56 Å². The molecule has 0 saturated carbocycles. The van der Waals surface area contributed by atoms with E-state index in [2.05, 4.69) is 5.32 Å². The lowest BCUT2D eigenvalue weighted by Gasteiger charge is -2.20. The quantitative estimate of drug-likeness (QED) is 0.867. The van der Waals surface area contributed by atoms with Crippen molar-refractivity contribution in [3.8, 4) is 0 Å². The van der Waals surface area contributed by atoms with Crippen LogP contribution in [0.15, 0.2) is 36.4 Å². The van der Waals surface area contributed by atoms with Gasteiger partial charge in [-0.2, -0.15) is 13.2 Å². The fourth-order valence-electron chi connectivity index (χ4n) is 2.20. The molecule has 0 bridgehead atoms. The number of aryl methyl sites for hydroxylation is 1. The Hall–Kier alpha value is -1.33. The second-order valence-corrected chi connectivity index (χ2v) is 5.66. The van der Waals surface area contributed by atoms with Crippen LogP contribution < -0.4 is 5.32 Å². The molecule has 1 aromatic heterocycles. The highest BCUT2D eigenvalue weighted by Gasteiger charge is 2.35. The first-order valence-corrected chi connectivity index (χ1v) is 7.21. The van der Waals surface area contributed by atoms with Gasteiger partial charge in [0.05, 0.1) is 11.6 Å². The standard InChI is InChI=1S/C15H16F3NS/c1-3-10-8-9-13(20-10)14(19-2)11-6-4-5-7-12(11)15(16,17)18/h4-9,14,19H,3H2,1-2H3. The molecule has 1 heterocycles. The van der Waals surface area contributed by atoms with E-state index in [1.807, 2.05) is 19.1 Å². The Kier molecular flexibility index (Phi) is 4.50. The Morgan fingerprint density at radius 2 is 1.85 bits per heavy atom. The van der Waals surface area contributed by atoms with Crippen molar-refractivity contribution in [2.45, 2.75) is 25.6 Å². The molecule has 0 radical (unpaired) electrons. The fourth-order valence-corrected chi connectivity index (χ4v) is 3.28. The molecule has 0 saturated heterocycles. The monoisotopic (exact) mass is 299 g/mol. The van der Waals surface area contributed by atoms with Gasteiger partial charge >= 0.3 is 6.18 Å². The molecular weight excluding hydrogens is 283 g/mol. The van der Waals surface area contributed by atoms with E-state index in [0.29, 0.717) is 0 Å². The van der Waals surface area contributed by atoms with Gasteiger partial charge in [0.25, 0.3) is 0 Å². The van der Waals surface area contributed by atoms with E-state index in [4.69, 9.17) is 0 Å². The van der Waals surface area contributed by atoms with Crippen LogP contribution >= 0.6 is 11.3 Å². The van der Waals surface area contributed by atoms with Crippen LogP contribution in [0.25, 0.3) is 0 Å². The van der Waals surface area contributed by atoms with Gasteiger partial charge in [0.2, 0.25) is 0 Å². The lowest BCUT2D eigenvalue weighted by Crippen LogP contribution is -2.21. The first-order valence-electron chi connectivity index (χ1n) is 6.39. The van der Waals surface area contributed by atoms with Crippen molar-refractivity contribution in [2.24, 2.45) is 0 Å². The van der Waals surface area contributed by atoms with Crippen LogP contribution in [-0.2, 0) is 12.6 Å². The minimum atomic E-state index is -4.34. The molecule has 2 aromatic rings. The number of halogens is 3. The number of nitrogens with one attached hydrogen (secondary N) is 1. The highest BCUT2D eigenvalue weighted by atomic mass is 32.1. The van der Waals surface area contributed by atoms with Crippen molar-refractivity contribution >= 4 is 11.3 Å². The molecule has 1 nitrogen and oxygen atoms in total. The average Bonchev–Trinajstić information content (AvgIpc) is 2.88. The van der Waals surface area contributed by atoms with Crippen LogP contribution in [-0.4, -0.2) is 7.05 Å². The number of rotatable bonds is 4. The number of hydrogen-bond acceptors (Lipinski definition) is 2. The van der Waals surface area contributed by atoms with E-state index >= 15 is 0 Å². The normalized spacial score (nSPS) is 13.4. The van der Waals surface area contributed by atoms with E-state index in [9.17, 15) is 13.2 Å². The molecule has 0 amide bonds. The summed E-state index contributed by atoms with van der Waals surface area (Å²) in [5.74, 6) is 0. The molecular formula is C15H16F3NS. The van der Waals surface area contributed by atoms with Crippen LogP contribution in [0, 0.1) is 0 Å². The van der Waals surface area contributed by atoms with Crippen molar-refractivity contribution in [3.05, 3.63) is 57.3 Å². The first kappa shape index (κ1) is 15.1. The Balaban J connectivity index is 2.47. The van der Waals surface area contributed by atoms with E-state index in [1.165, 1.54) is 17.0 Å². The summed E-state index contributed by atoms with van der Waals surface area (Å²) in [7, 11) is 1.68. The lowest BCUT2D eigenvalue weighted by atomic mass is 9.99.